The average molecular weight is 249 g/mol. The van der Waals surface area contributed by atoms with Crippen LogP contribution in [0, 0.1) is 5.92 Å². The maximum absolute atomic E-state index is 4.44. The van der Waals surface area contributed by atoms with E-state index in [1.54, 1.807) is 6.20 Å². The van der Waals surface area contributed by atoms with E-state index in [0.29, 0.717) is 17.9 Å². The highest BCUT2D eigenvalue weighted by molar-refractivity contribution is 5.37. The smallest absolute Gasteiger partial charge is 0.244 e. The van der Waals surface area contributed by atoms with Gasteiger partial charge in [0.1, 0.15) is 5.82 Å². The van der Waals surface area contributed by atoms with Crippen LogP contribution >= 0.6 is 0 Å². The summed E-state index contributed by atoms with van der Waals surface area (Å²) in [7, 11) is 0. The first kappa shape index (κ1) is 13.1. The van der Waals surface area contributed by atoms with Gasteiger partial charge in [-0.25, -0.2) is 0 Å². The molecule has 5 nitrogen and oxygen atoms in total. The molecule has 1 aromatic rings. The Hall–Kier alpha value is -1.39. The molecule has 2 rings (SSSR count). The highest BCUT2D eigenvalue weighted by Crippen LogP contribution is 2.20. The number of hydrogen-bond donors (Lipinski definition) is 2. The van der Waals surface area contributed by atoms with Gasteiger partial charge in [-0.2, -0.15) is 10.1 Å². The average Bonchev–Trinajstić information content (AvgIpc) is 2.82. The third-order valence-electron chi connectivity index (χ3n) is 3.28. The second kappa shape index (κ2) is 6.52. The Morgan fingerprint density at radius 3 is 2.83 bits per heavy atom. The van der Waals surface area contributed by atoms with Gasteiger partial charge in [-0.1, -0.05) is 26.7 Å². The van der Waals surface area contributed by atoms with Crippen molar-refractivity contribution in [1.29, 1.82) is 0 Å². The quantitative estimate of drug-likeness (QED) is 0.811. The van der Waals surface area contributed by atoms with Gasteiger partial charge in [0, 0.05) is 12.6 Å². The van der Waals surface area contributed by atoms with Gasteiger partial charge < -0.3 is 10.6 Å². The van der Waals surface area contributed by atoms with Gasteiger partial charge in [0.2, 0.25) is 5.95 Å². The Morgan fingerprint density at radius 2 is 2.11 bits per heavy atom. The first-order valence-corrected chi connectivity index (χ1v) is 6.94. The van der Waals surface area contributed by atoms with Crippen LogP contribution in [0.5, 0.6) is 0 Å². The van der Waals surface area contributed by atoms with Crippen LogP contribution in [0.3, 0.4) is 0 Å². The Balaban J connectivity index is 1.84. The molecule has 1 aliphatic carbocycles. The van der Waals surface area contributed by atoms with Crippen LogP contribution in [0.1, 0.15) is 46.0 Å². The van der Waals surface area contributed by atoms with Crippen molar-refractivity contribution >= 4 is 11.8 Å². The molecule has 1 aliphatic rings. The highest BCUT2D eigenvalue weighted by Gasteiger charge is 2.15. The molecule has 100 valence electrons. The molecule has 1 heterocycles. The zero-order valence-corrected chi connectivity index (χ0v) is 11.3. The van der Waals surface area contributed by atoms with E-state index in [1.807, 2.05) is 0 Å². The molecule has 2 N–H and O–H groups in total. The minimum atomic E-state index is 0.526. The van der Waals surface area contributed by atoms with E-state index in [0.717, 1.165) is 18.8 Å². The lowest BCUT2D eigenvalue weighted by Crippen LogP contribution is -2.17. The maximum atomic E-state index is 4.44. The van der Waals surface area contributed by atoms with E-state index < -0.39 is 0 Å². The molecule has 0 atom stereocenters. The molecule has 0 aliphatic heterocycles. The fraction of sp³-hybridized carbons (Fsp3) is 0.769. The van der Waals surface area contributed by atoms with Crippen molar-refractivity contribution in [3.8, 4) is 0 Å². The molecule has 1 saturated carbocycles. The zero-order chi connectivity index (χ0) is 12.8. The molecule has 0 radical (unpaired) electrons. The van der Waals surface area contributed by atoms with Gasteiger partial charge in [-0.05, 0) is 25.2 Å². The maximum Gasteiger partial charge on any atom is 0.244 e. The molecule has 0 saturated heterocycles. The summed E-state index contributed by atoms with van der Waals surface area (Å²) in [5.74, 6) is 2.16. The van der Waals surface area contributed by atoms with Gasteiger partial charge >= 0.3 is 0 Å². The van der Waals surface area contributed by atoms with E-state index in [-0.39, 0.29) is 0 Å². The van der Waals surface area contributed by atoms with Crippen molar-refractivity contribution in [3.05, 3.63) is 6.20 Å². The monoisotopic (exact) mass is 249 g/mol. The number of nitrogens with zero attached hydrogens (tertiary/aromatic N) is 3. The normalized spacial score (nSPS) is 16.2. The van der Waals surface area contributed by atoms with Crippen LogP contribution in [0.2, 0.25) is 0 Å². The number of aromatic nitrogens is 3. The Morgan fingerprint density at radius 1 is 1.33 bits per heavy atom. The fourth-order valence-electron chi connectivity index (χ4n) is 2.19. The second-order valence-electron chi connectivity index (χ2n) is 5.40. The Labute approximate surface area is 109 Å². The summed E-state index contributed by atoms with van der Waals surface area (Å²) in [6.07, 6.45) is 7.85. The van der Waals surface area contributed by atoms with E-state index in [9.17, 15) is 0 Å². The fourth-order valence-corrected chi connectivity index (χ4v) is 2.19. The summed E-state index contributed by atoms with van der Waals surface area (Å²) in [6, 6.07) is 0.526. The lowest BCUT2D eigenvalue weighted by molar-refractivity contribution is 0.606. The Kier molecular flexibility index (Phi) is 4.73. The summed E-state index contributed by atoms with van der Waals surface area (Å²) in [6.45, 7) is 5.36. The standard InChI is InChI=1S/C13H23N5/c1-10(2)7-8-14-12-9-15-18-13(17-12)16-11-5-3-4-6-11/h9-11H,3-8H2,1-2H3,(H2,14,16,17,18). The molecule has 1 aromatic heterocycles. The van der Waals surface area contributed by atoms with Crippen molar-refractivity contribution in [2.45, 2.75) is 52.0 Å². The van der Waals surface area contributed by atoms with Gasteiger partial charge in [0.15, 0.2) is 0 Å². The predicted molar refractivity (Wildman–Crippen MR) is 73.7 cm³/mol. The molecule has 1 fully saturated rings. The summed E-state index contributed by atoms with van der Waals surface area (Å²) < 4.78 is 0. The van der Waals surface area contributed by atoms with Crippen LogP contribution in [-0.2, 0) is 0 Å². The minimum absolute atomic E-state index is 0.526. The molecule has 0 spiro atoms. The molecule has 5 heteroatoms. The van der Waals surface area contributed by atoms with Crippen molar-refractivity contribution in [2.75, 3.05) is 17.2 Å². The van der Waals surface area contributed by atoms with Crippen LogP contribution in [0.4, 0.5) is 11.8 Å². The minimum Gasteiger partial charge on any atom is -0.369 e. The van der Waals surface area contributed by atoms with Crippen LogP contribution in [0.15, 0.2) is 6.20 Å². The first-order chi connectivity index (χ1) is 8.74. The SMILES string of the molecule is CC(C)CCNc1cnnc(NC2CCCC2)n1. The Bertz CT molecular complexity index is 360. The van der Waals surface area contributed by atoms with Crippen molar-refractivity contribution < 1.29 is 0 Å². The van der Waals surface area contributed by atoms with Crippen molar-refractivity contribution in [3.63, 3.8) is 0 Å². The number of hydrogen-bond acceptors (Lipinski definition) is 5. The summed E-state index contributed by atoms with van der Waals surface area (Å²) in [5, 5.41) is 14.7. The first-order valence-electron chi connectivity index (χ1n) is 6.94. The van der Waals surface area contributed by atoms with Crippen molar-refractivity contribution in [2.24, 2.45) is 5.92 Å². The molecular formula is C13H23N5. The topological polar surface area (TPSA) is 62.7 Å². The van der Waals surface area contributed by atoms with Gasteiger partial charge in [0.05, 0.1) is 6.20 Å². The second-order valence-corrected chi connectivity index (χ2v) is 5.40. The van der Waals surface area contributed by atoms with Crippen LogP contribution in [0.25, 0.3) is 0 Å². The van der Waals surface area contributed by atoms with Gasteiger partial charge in [-0.15, -0.1) is 5.10 Å². The molecule has 0 bridgehead atoms. The molecule has 0 unspecified atom stereocenters. The van der Waals surface area contributed by atoms with E-state index >= 15 is 0 Å². The largest absolute Gasteiger partial charge is 0.369 e. The lowest BCUT2D eigenvalue weighted by Gasteiger charge is -2.12. The number of nitrogens with one attached hydrogen (secondary N) is 2. The highest BCUT2D eigenvalue weighted by atomic mass is 15.3. The van der Waals surface area contributed by atoms with E-state index in [2.05, 4.69) is 39.7 Å². The molecule has 0 aromatic carbocycles. The van der Waals surface area contributed by atoms with Crippen LogP contribution < -0.4 is 10.6 Å². The molecular weight excluding hydrogens is 226 g/mol. The van der Waals surface area contributed by atoms with Gasteiger partial charge in [-0.3, -0.25) is 0 Å². The summed E-state index contributed by atoms with van der Waals surface area (Å²) >= 11 is 0. The summed E-state index contributed by atoms with van der Waals surface area (Å²) in [5.41, 5.74) is 0. The van der Waals surface area contributed by atoms with E-state index in [4.69, 9.17) is 0 Å². The predicted octanol–water partition coefficient (Wildman–Crippen LogP) is 2.68. The lowest BCUT2D eigenvalue weighted by atomic mass is 10.1. The van der Waals surface area contributed by atoms with Crippen LogP contribution in [-0.4, -0.2) is 27.8 Å². The third-order valence-corrected chi connectivity index (χ3v) is 3.28. The van der Waals surface area contributed by atoms with Gasteiger partial charge in [0.25, 0.3) is 0 Å². The third kappa shape index (κ3) is 4.13. The number of anilines is 2. The van der Waals surface area contributed by atoms with E-state index in [1.165, 1.54) is 25.7 Å². The molecule has 18 heavy (non-hydrogen) atoms. The number of rotatable bonds is 6. The summed E-state index contributed by atoms with van der Waals surface area (Å²) in [4.78, 5) is 4.44. The van der Waals surface area contributed by atoms with Crippen molar-refractivity contribution in [1.82, 2.24) is 15.2 Å². The molecule has 0 amide bonds. The zero-order valence-electron chi connectivity index (χ0n) is 11.3.